The molecule has 3 N–H and O–H groups in total. The number of hydrogen-bond donors (Lipinski definition) is 2. The van der Waals surface area contributed by atoms with Crippen molar-refractivity contribution in [1.82, 2.24) is 0 Å². The molecule has 5 heteroatoms. The monoisotopic (exact) mass is 262 g/mol. The van der Waals surface area contributed by atoms with Crippen LogP contribution in [-0.4, -0.2) is 23.7 Å². The molecule has 19 heavy (non-hydrogen) atoms. The first-order chi connectivity index (χ1) is 8.86. The topological polar surface area (TPSA) is 83.6 Å². The van der Waals surface area contributed by atoms with Gasteiger partial charge in [-0.2, -0.15) is 0 Å². The van der Waals surface area contributed by atoms with Gasteiger partial charge in [0.05, 0.1) is 5.69 Å². The minimum absolute atomic E-state index is 0.162. The highest BCUT2D eigenvalue weighted by Gasteiger charge is 2.30. The lowest BCUT2D eigenvalue weighted by Crippen LogP contribution is -2.39. The zero-order valence-electron chi connectivity index (χ0n) is 11.1. The van der Waals surface area contributed by atoms with Crippen molar-refractivity contribution < 1.29 is 14.7 Å². The van der Waals surface area contributed by atoms with Crippen LogP contribution in [-0.2, 0) is 16.6 Å². The number of carbonyl (C=O) groups excluding carboxylic acids is 1. The largest absolute Gasteiger partial charge is 0.464 e. The number of fused-ring (bicyclic) bond motifs is 1. The maximum Gasteiger partial charge on any atom is 0.418 e. The standard InChI is InChI=1S/C14H18N2O3/c1-14(2,8-15)10-4-5-11-9(7-10)3-6-12(17)16(11)13(18)19/h4-5,7H,3,6,8,15H2,1-2H3,(H,18,19). The molecule has 0 bridgehead atoms. The number of aryl methyl sites for hydroxylation is 1. The van der Waals surface area contributed by atoms with Gasteiger partial charge in [0.1, 0.15) is 0 Å². The summed E-state index contributed by atoms with van der Waals surface area (Å²) in [6, 6.07) is 5.51. The van der Waals surface area contributed by atoms with Crippen LogP contribution in [0, 0.1) is 0 Å². The molecule has 0 aliphatic carbocycles. The molecule has 0 radical (unpaired) electrons. The van der Waals surface area contributed by atoms with Crippen LogP contribution in [0.15, 0.2) is 18.2 Å². The third-order valence-corrected chi connectivity index (χ3v) is 3.66. The van der Waals surface area contributed by atoms with Crippen molar-refractivity contribution in [2.75, 3.05) is 11.4 Å². The van der Waals surface area contributed by atoms with Crippen molar-refractivity contribution in [2.45, 2.75) is 32.1 Å². The number of benzene rings is 1. The Labute approximate surface area is 112 Å². The van der Waals surface area contributed by atoms with Crippen molar-refractivity contribution >= 4 is 17.7 Å². The van der Waals surface area contributed by atoms with E-state index in [9.17, 15) is 9.59 Å². The third-order valence-electron chi connectivity index (χ3n) is 3.66. The SMILES string of the molecule is CC(C)(CN)c1ccc2c(c1)CCC(=O)N2C(=O)O. The first-order valence-electron chi connectivity index (χ1n) is 6.26. The number of carboxylic acid groups (broad SMARTS) is 1. The van der Waals surface area contributed by atoms with Gasteiger partial charge < -0.3 is 10.8 Å². The van der Waals surface area contributed by atoms with E-state index in [0.29, 0.717) is 18.7 Å². The number of amides is 2. The summed E-state index contributed by atoms with van der Waals surface area (Å²) >= 11 is 0. The predicted molar refractivity (Wildman–Crippen MR) is 72.4 cm³/mol. The van der Waals surface area contributed by atoms with Crippen LogP contribution in [0.3, 0.4) is 0 Å². The molecule has 1 aliphatic heterocycles. The Balaban J connectivity index is 2.48. The third kappa shape index (κ3) is 2.33. The summed E-state index contributed by atoms with van der Waals surface area (Å²) < 4.78 is 0. The molecule has 1 aromatic carbocycles. The number of rotatable bonds is 2. The summed E-state index contributed by atoms with van der Waals surface area (Å²) in [5.41, 5.74) is 8.02. The van der Waals surface area contributed by atoms with Crippen LogP contribution < -0.4 is 10.6 Å². The van der Waals surface area contributed by atoms with E-state index in [1.165, 1.54) is 0 Å². The quantitative estimate of drug-likeness (QED) is 0.852. The number of nitrogens with two attached hydrogens (primary N) is 1. The molecule has 0 saturated carbocycles. The summed E-state index contributed by atoms with van der Waals surface area (Å²) in [6.07, 6.45) is -0.421. The fourth-order valence-electron chi connectivity index (χ4n) is 2.24. The lowest BCUT2D eigenvalue weighted by atomic mass is 9.83. The first-order valence-corrected chi connectivity index (χ1v) is 6.26. The Morgan fingerprint density at radius 2 is 2.11 bits per heavy atom. The van der Waals surface area contributed by atoms with Gasteiger partial charge in [-0.15, -0.1) is 0 Å². The smallest absolute Gasteiger partial charge is 0.418 e. The molecule has 2 amide bonds. The van der Waals surface area contributed by atoms with Crippen molar-refractivity contribution in [2.24, 2.45) is 5.73 Å². The Bertz CT molecular complexity index is 537. The van der Waals surface area contributed by atoms with Gasteiger partial charge >= 0.3 is 6.09 Å². The van der Waals surface area contributed by atoms with Gasteiger partial charge in [-0.05, 0) is 23.6 Å². The van der Waals surface area contributed by atoms with Gasteiger partial charge in [0.25, 0.3) is 0 Å². The second-order valence-electron chi connectivity index (χ2n) is 5.44. The maximum atomic E-state index is 11.7. The van der Waals surface area contributed by atoms with Gasteiger partial charge in [-0.25, -0.2) is 9.69 Å². The molecule has 1 heterocycles. The van der Waals surface area contributed by atoms with Gasteiger partial charge in [0.2, 0.25) is 5.91 Å². The van der Waals surface area contributed by atoms with E-state index < -0.39 is 6.09 Å². The Morgan fingerprint density at radius 1 is 1.42 bits per heavy atom. The van der Waals surface area contributed by atoms with Gasteiger partial charge in [-0.1, -0.05) is 26.0 Å². The highest BCUT2D eigenvalue weighted by molar-refractivity contribution is 6.13. The first kappa shape index (κ1) is 13.5. The summed E-state index contributed by atoms with van der Waals surface area (Å²) in [6.45, 7) is 4.59. The van der Waals surface area contributed by atoms with Crippen LogP contribution in [0.1, 0.15) is 31.4 Å². The van der Waals surface area contributed by atoms with Gasteiger partial charge in [0, 0.05) is 18.4 Å². The summed E-state index contributed by atoms with van der Waals surface area (Å²) in [5.74, 6) is -0.370. The zero-order valence-corrected chi connectivity index (χ0v) is 11.1. The summed E-state index contributed by atoms with van der Waals surface area (Å²) in [4.78, 5) is 23.6. The molecular formula is C14H18N2O3. The van der Waals surface area contributed by atoms with Crippen molar-refractivity contribution in [3.05, 3.63) is 29.3 Å². The molecule has 0 saturated heterocycles. The molecule has 0 aromatic heterocycles. The lowest BCUT2D eigenvalue weighted by molar-refractivity contribution is -0.118. The molecule has 2 rings (SSSR count). The molecule has 0 atom stereocenters. The minimum Gasteiger partial charge on any atom is -0.464 e. The van der Waals surface area contributed by atoms with E-state index in [-0.39, 0.29) is 17.7 Å². The van der Waals surface area contributed by atoms with Crippen molar-refractivity contribution in [1.29, 1.82) is 0 Å². The number of hydrogen-bond acceptors (Lipinski definition) is 3. The van der Waals surface area contributed by atoms with Crippen LogP contribution in [0.2, 0.25) is 0 Å². The van der Waals surface area contributed by atoms with E-state index in [1.807, 2.05) is 26.0 Å². The maximum absolute atomic E-state index is 11.7. The second-order valence-corrected chi connectivity index (χ2v) is 5.44. The molecule has 1 aliphatic rings. The summed E-state index contributed by atoms with van der Waals surface area (Å²) in [5, 5.41) is 9.12. The Kier molecular flexibility index (Phi) is 3.32. The number of carbonyl (C=O) groups is 2. The highest BCUT2D eigenvalue weighted by Crippen LogP contribution is 2.32. The van der Waals surface area contributed by atoms with Crippen molar-refractivity contribution in [3.63, 3.8) is 0 Å². The summed E-state index contributed by atoms with van der Waals surface area (Å²) in [7, 11) is 0. The van der Waals surface area contributed by atoms with E-state index >= 15 is 0 Å². The molecule has 0 fully saturated rings. The van der Waals surface area contributed by atoms with E-state index in [1.54, 1.807) is 6.07 Å². The lowest BCUT2D eigenvalue weighted by Gasteiger charge is -2.29. The normalized spacial score (nSPS) is 15.3. The van der Waals surface area contributed by atoms with Crippen molar-refractivity contribution in [3.8, 4) is 0 Å². The molecule has 1 aromatic rings. The average Bonchev–Trinajstić information content (AvgIpc) is 2.37. The number of nitrogens with zero attached hydrogens (tertiary/aromatic N) is 1. The van der Waals surface area contributed by atoms with E-state index in [4.69, 9.17) is 10.8 Å². The molecule has 5 nitrogen and oxygen atoms in total. The predicted octanol–water partition coefficient (Wildman–Crippen LogP) is 1.88. The van der Waals surface area contributed by atoms with Crippen LogP contribution >= 0.6 is 0 Å². The van der Waals surface area contributed by atoms with E-state index in [0.717, 1.165) is 16.0 Å². The second kappa shape index (κ2) is 4.66. The van der Waals surface area contributed by atoms with Crippen LogP contribution in [0.4, 0.5) is 10.5 Å². The van der Waals surface area contributed by atoms with Gasteiger partial charge in [0.15, 0.2) is 0 Å². The van der Waals surface area contributed by atoms with Gasteiger partial charge in [-0.3, -0.25) is 4.79 Å². The Hall–Kier alpha value is -1.88. The fraction of sp³-hybridized carbons (Fsp3) is 0.429. The molecular weight excluding hydrogens is 244 g/mol. The molecule has 102 valence electrons. The molecule has 0 unspecified atom stereocenters. The highest BCUT2D eigenvalue weighted by atomic mass is 16.4. The fourth-order valence-corrected chi connectivity index (χ4v) is 2.24. The van der Waals surface area contributed by atoms with Crippen LogP contribution in [0.25, 0.3) is 0 Å². The number of imide groups is 1. The van der Waals surface area contributed by atoms with E-state index in [2.05, 4.69) is 0 Å². The Morgan fingerprint density at radius 3 is 2.68 bits per heavy atom. The zero-order chi connectivity index (χ0) is 14.2. The minimum atomic E-state index is -1.23. The average molecular weight is 262 g/mol. The number of anilines is 1. The molecule has 0 spiro atoms. The van der Waals surface area contributed by atoms with Crippen LogP contribution in [0.5, 0.6) is 0 Å².